The minimum absolute atomic E-state index is 0.0449. The molecule has 0 unspecified atom stereocenters. The lowest BCUT2D eigenvalue weighted by atomic mass is 10.1. The topological polar surface area (TPSA) is 124 Å². The first-order valence-corrected chi connectivity index (χ1v) is 4.14. The number of carbonyl (C=O) groups is 1. The molecule has 0 aliphatic rings. The van der Waals surface area contributed by atoms with Gasteiger partial charge in [0.1, 0.15) is 6.04 Å². The molecule has 1 atom stereocenters. The normalized spacial score (nSPS) is 12.3. The van der Waals surface area contributed by atoms with Crippen LogP contribution in [0.1, 0.15) is 5.56 Å². The van der Waals surface area contributed by atoms with E-state index < -0.39 is 29.3 Å². The number of phenols is 3. The fourth-order valence-corrected chi connectivity index (χ4v) is 1.12. The van der Waals surface area contributed by atoms with Crippen LogP contribution < -0.4 is 5.73 Å². The highest BCUT2D eigenvalue weighted by molar-refractivity contribution is 5.73. The second kappa shape index (κ2) is 4.05. The standard InChI is InChI=1S/C9H11NO5/c10-5(9(14)15)1-4-2-6(11)8(13)7(12)3-4/h2-3,5,11-13H,1,10H2,(H,14,15)/t5-/m1/s1. The maximum absolute atomic E-state index is 10.4. The predicted octanol–water partition coefficient (Wildman–Crippen LogP) is -0.242. The molecule has 1 aromatic carbocycles. The molecule has 0 fully saturated rings. The third-order valence-electron chi connectivity index (χ3n) is 1.90. The maximum atomic E-state index is 10.4. The van der Waals surface area contributed by atoms with Gasteiger partial charge in [-0.15, -0.1) is 0 Å². The van der Waals surface area contributed by atoms with Gasteiger partial charge in [-0.1, -0.05) is 0 Å². The zero-order valence-electron chi connectivity index (χ0n) is 7.71. The molecule has 0 saturated carbocycles. The maximum Gasteiger partial charge on any atom is 0.320 e. The number of aromatic hydroxyl groups is 3. The van der Waals surface area contributed by atoms with Crippen LogP contribution in [0.4, 0.5) is 0 Å². The summed E-state index contributed by atoms with van der Waals surface area (Å²) in [5.74, 6) is -2.84. The van der Waals surface area contributed by atoms with Crippen LogP contribution in [0.5, 0.6) is 17.2 Å². The van der Waals surface area contributed by atoms with Gasteiger partial charge >= 0.3 is 5.97 Å². The number of aliphatic carboxylic acids is 1. The van der Waals surface area contributed by atoms with E-state index in [2.05, 4.69) is 0 Å². The van der Waals surface area contributed by atoms with Crippen LogP contribution in [0.15, 0.2) is 12.1 Å². The van der Waals surface area contributed by atoms with Crippen molar-refractivity contribution in [2.75, 3.05) is 0 Å². The van der Waals surface area contributed by atoms with Gasteiger partial charge in [0.25, 0.3) is 0 Å². The molecule has 0 aromatic heterocycles. The third kappa shape index (κ3) is 2.50. The van der Waals surface area contributed by atoms with Crippen molar-refractivity contribution in [2.24, 2.45) is 5.73 Å². The molecule has 6 nitrogen and oxygen atoms in total. The second-order valence-corrected chi connectivity index (χ2v) is 3.13. The number of benzene rings is 1. The predicted molar refractivity (Wildman–Crippen MR) is 50.8 cm³/mol. The van der Waals surface area contributed by atoms with Gasteiger partial charge in [0.15, 0.2) is 17.2 Å². The van der Waals surface area contributed by atoms with Crippen molar-refractivity contribution in [1.29, 1.82) is 0 Å². The Hall–Kier alpha value is -1.95. The van der Waals surface area contributed by atoms with E-state index >= 15 is 0 Å². The van der Waals surface area contributed by atoms with E-state index in [1.807, 2.05) is 0 Å². The summed E-state index contributed by atoms with van der Waals surface area (Å²) in [6.07, 6.45) is -0.0449. The number of hydrogen-bond acceptors (Lipinski definition) is 5. The molecule has 6 N–H and O–H groups in total. The van der Waals surface area contributed by atoms with Crippen molar-refractivity contribution in [3.8, 4) is 17.2 Å². The fraction of sp³-hybridized carbons (Fsp3) is 0.222. The molecule has 0 radical (unpaired) electrons. The van der Waals surface area contributed by atoms with Crippen LogP contribution in [0, 0.1) is 0 Å². The summed E-state index contributed by atoms with van der Waals surface area (Å²) in [7, 11) is 0. The Kier molecular flexibility index (Phi) is 3.01. The number of phenolic OH excluding ortho intramolecular Hbond substituents is 3. The molecule has 1 rings (SSSR count). The Morgan fingerprint density at radius 1 is 1.27 bits per heavy atom. The molecule has 6 heteroatoms. The zero-order chi connectivity index (χ0) is 11.6. The zero-order valence-corrected chi connectivity index (χ0v) is 7.71. The molecule has 1 aromatic rings. The van der Waals surface area contributed by atoms with Crippen molar-refractivity contribution in [2.45, 2.75) is 12.5 Å². The van der Waals surface area contributed by atoms with Crippen molar-refractivity contribution in [3.63, 3.8) is 0 Å². The number of carboxylic acid groups (broad SMARTS) is 1. The highest BCUT2D eigenvalue weighted by Gasteiger charge is 2.15. The van der Waals surface area contributed by atoms with Crippen molar-refractivity contribution >= 4 is 5.97 Å². The first-order chi connectivity index (χ1) is 6.91. The van der Waals surface area contributed by atoms with E-state index in [0.717, 1.165) is 12.1 Å². The Bertz CT molecular complexity index is 367. The molecule has 0 saturated heterocycles. The average molecular weight is 213 g/mol. The van der Waals surface area contributed by atoms with Gasteiger partial charge in [0.05, 0.1) is 0 Å². The molecular formula is C9H11NO5. The van der Waals surface area contributed by atoms with Gasteiger partial charge in [-0.25, -0.2) is 0 Å². The van der Waals surface area contributed by atoms with Gasteiger partial charge in [-0.05, 0) is 24.1 Å². The largest absolute Gasteiger partial charge is 0.504 e. The van der Waals surface area contributed by atoms with Crippen LogP contribution in [-0.4, -0.2) is 32.4 Å². The SMILES string of the molecule is N[C@H](Cc1cc(O)c(O)c(O)c1)C(=O)O. The van der Waals surface area contributed by atoms with Gasteiger partial charge in [0, 0.05) is 0 Å². The summed E-state index contributed by atoms with van der Waals surface area (Å²) in [4.78, 5) is 10.4. The Balaban J connectivity index is 2.92. The summed E-state index contributed by atoms with van der Waals surface area (Å²) < 4.78 is 0. The molecule has 15 heavy (non-hydrogen) atoms. The van der Waals surface area contributed by atoms with Gasteiger partial charge in [-0.2, -0.15) is 0 Å². The first kappa shape index (κ1) is 11.1. The Labute approximate surface area is 85.2 Å². The van der Waals surface area contributed by atoms with Crippen LogP contribution in [0.3, 0.4) is 0 Å². The third-order valence-corrected chi connectivity index (χ3v) is 1.90. The van der Waals surface area contributed by atoms with Crippen molar-refractivity contribution in [1.82, 2.24) is 0 Å². The minimum Gasteiger partial charge on any atom is -0.504 e. The summed E-state index contributed by atoms with van der Waals surface area (Å²) in [5, 5.41) is 35.8. The van der Waals surface area contributed by atoms with E-state index in [-0.39, 0.29) is 6.42 Å². The quantitative estimate of drug-likeness (QED) is 0.441. The molecule has 82 valence electrons. The van der Waals surface area contributed by atoms with E-state index in [4.69, 9.17) is 26.2 Å². The minimum atomic E-state index is -1.18. The monoisotopic (exact) mass is 213 g/mol. The Morgan fingerprint density at radius 2 is 1.73 bits per heavy atom. The number of rotatable bonds is 3. The van der Waals surface area contributed by atoms with Gasteiger partial charge < -0.3 is 26.2 Å². The molecule has 0 aliphatic heterocycles. The summed E-state index contributed by atoms with van der Waals surface area (Å²) in [5.41, 5.74) is 5.59. The van der Waals surface area contributed by atoms with Gasteiger partial charge in [-0.3, -0.25) is 4.79 Å². The lowest BCUT2D eigenvalue weighted by Crippen LogP contribution is -2.32. The fourth-order valence-electron chi connectivity index (χ4n) is 1.12. The Morgan fingerprint density at radius 3 is 2.13 bits per heavy atom. The van der Waals surface area contributed by atoms with Crippen molar-refractivity contribution in [3.05, 3.63) is 17.7 Å². The van der Waals surface area contributed by atoms with Crippen molar-refractivity contribution < 1.29 is 25.2 Å². The lowest BCUT2D eigenvalue weighted by Gasteiger charge is -2.08. The second-order valence-electron chi connectivity index (χ2n) is 3.13. The van der Waals surface area contributed by atoms with Crippen LogP contribution >= 0.6 is 0 Å². The van der Waals surface area contributed by atoms with Crippen LogP contribution in [0.2, 0.25) is 0 Å². The number of carboxylic acids is 1. The number of nitrogens with two attached hydrogens (primary N) is 1. The summed E-state index contributed by atoms with van der Waals surface area (Å²) >= 11 is 0. The molecular weight excluding hydrogens is 202 g/mol. The van der Waals surface area contributed by atoms with Crippen LogP contribution in [-0.2, 0) is 11.2 Å². The summed E-state index contributed by atoms with van der Waals surface area (Å²) in [6.45, 7) is 0. The van der Waals surface area contributed by atoms with E-state index in [9.17, 15) is 4.79 Å². The van der Waals surface area contributed by atoms with Crippen LogP contribution in [0.25, 0.3) is 0 Å². The van der Waals surface area contributed by atoms with E-state index in [1.165, 1.54) is 0 Å². The highest BCUT2D eigenvalue weighted by atomic mass is 16.4. The number of hydrogen-bond donors (Lipinski definition) is 5. The highest BCUT2D eigenvalue weighted by Crippen LogP contribution is 2.35. The molecule has 0 heterocycles. The van der Waals surface area contributed by atoms with Gasteiger partial charge in [0.2, 0.25) is 0 Å². The first-order valence-electron chi connectivity index (χ1n) is 4.14. The molecule has 0 spiro atoms. The summed E-state index contributed by atoms with van der Waals surface area (Å²) in [6, 6.07) is 1.18. The molecule has 0 aliphatic carbocycles. The molecule has 0 bridgehead atoms. The lowest BCUT2D eigenvalue weighted by molar-refractivity contribution is -0.138. The smallest absolute Gasteiger partial charge is 0.320 e. The molecule has 0 amide bonds. The average Bonchev–Trinajstić information content (AvgIpc) is 2.13. The van der Waals surface area contributed by atoms with E-state index in [1.54, 1.807) is 0 Å². The van der Waals surface area contributed by atoms with E-state index in [0.29, 0.717) is 5.56 Å².